The summed E-state index contributed by atoms with van der Waals surface area (Å²) >= 11 is 0. The summed E-state index contributed by atoms with van der Waals surface area (Å²) in [6.07, 6.45) is 9.07. The molecule has 0 aliphatic heterocycles. The van der Waals surface area contributed by atoms with Crippen molar-refractivity contribution in [2.24, 2.45) is 0 Å². The molecule has 1 aliphatic rings. The van der Waals surface area contributed by atoms with Gasteiger partial charge < -0.3 is 0 Å². The minimum atomic E-state index is 0.251. The third kappa shape index (κ3) is 3.21. The summed E-state index contributed by atoms with van der Waals surface area (Å²) in [6, 6.07) is 9.12. The van der Waals surface area contributed by atoms with Crippen molar-refractivity contribution in [2.75, 3.05) is 0 Å². The van der Waals surface area contributed by atoms with Gasteiger partial charge in [0.25, 0.3) is 0 Å². The van der Waals surface area contributed by atoms with Gasteiger partial charge in [0, 0.05) is 0 Å². The van der Waals surface area contributed by atoms with Crippen molar-refractivity contribution in [3.63, 3.8) is 0 Å². The predicted molar refractivity (Wildman–Crippen MR) is 76.2 cm³/mol. The molecule has 0 unspecified atom stereocenters. The van der Waals surface area contributed by atoms with Gasteiger partial charge in [-0.15, -0.1) is 0 Å². The predicted octanol–water partition coefficient (Wildman–Crippen LogP) is 5.33. The lowest BCUT2D eigenvalue weighted by atomic mass is 9.85. The van der Waals surface area contributed by atoms with Crippen LogP contribution in [0.4, 0.5) is 0 Å². The average molecular weight is 228 g/mol. The fourth-order valence-electron chi connectivity index (χ4n) is 2.46. The minimum absolute atomic E-state index is 0.251. The van der Waals surface area contributed by atoms with Crippen LogP contribution in [0.5, 0.6) is 0 Å². The van der Waals surface area contributed by atoms with Gasteiger partial charge in [-0.2, -0.15) is 0 Å². The van der Waals surface area contributed by atoms with E-state index in [1.54, 1.807) is 5.57 Å². The summed E-state index contributed by atoms with van der Waals surface area (Å²) in [7, 11) is 0. The van der Waals surface area contributed by atoms with Gasteiger partial charge in [-0.05, 0) is 47.8 Å². The van der Waals surface area contributed by atoms with Crippen molar-refractivity contribution < 1.29 is 0 Å². The van der Waals surface area contributed by atoms with Crippen LogP contribution in [0.1, 0.15) is 64.0 Å². The summed E-state index contributed by atoms with van der Waals surface area (Å²) in [6.45, 7) is 6.86. The largest absolute Gasteiger partial charge is 0.0807 e. The number of hydrogen-bond donors (Lipinski definition) is 0. The highest BCUT2D eigenvalue weighted by molar-refractivity contribution is 5.66. The molecule has 0 amide bonds. The Bertz CT molecular complexity index is 404. The van der Waals surface area contributed by atoms with E-state index in [0.29, 0.717) is 0 Å². The van der Waals surface area contributed by atoms with E-state index in [9.17, 15) is 0 Å². The van der Waals surface area contributed by atoms with Gasteiger partial charge in [0.15, 0.2) is 0 Å². The van der Waals surface area contributed by atoms with Crippen LogP contribution < -0.4 is 0 Å². The lowest BCUT2D eigenvalue weighted by molar-refractivity contribution is 0.590. The molecule has 1 aromatic rings. The summed E-state index contributed by atoms with van der Waals surface area (Å²) in [5.74, 6) is 0. The number of allylic oxidation sites excluding steroid dienone is 2. The molecule has 0 saturated heterocycles. The molecule has 0 nitrogen and oxygen atoms in total. The molecule has 1 aromatic carbocycles. The molecule has 0 fully saturated rings. The highest BCUT2D eigenvalue weighted by Crippen LogP contribution is 2.29. The second kappa shape index (κ2) is 5.08. The maximum Gasteiger partial charge on any atom is -0.0132 e. The molecule has 0 saturated carbocycles. The summed E-state index contributed by atoms with van der Waals surface area (Å²) in [4.78, 5) is 0. The molecule has 92 valence electrons. The molecule has 0 bridgehead atoms. The molecule has 0 radical (unpaired) electrons. The first kappa shape index (κ1) is 12.4. The van der Waals surface area contributed by atoms with Gasteiger partial charge in [0.05, 0.1) is 0 Å². The van der Waals surface area contributed by atoms with Crippen molar-refractivity contribution in [2.45, 2.75) is 58.3 Å². The van der Waals surface area contributed by atoms with Gasteiger partial charge in [0.1, 0.15) is 0 Å². The SMILES string of the molecule is CC(C)(C)c1cccc(C2=CCCCCC2)c1. The lowest BCUT2D eigenvalue weighted by Gasteiger charge is -2.20. The van der Waals surface area contributed by atoms with E-state index in [4.69, 9.17) is 0 Å². The Balaban J connectivity index is 2.29. The molecule has 2 rings (SSSR count). The van der Waals surface area contributed by atoms with Crippen LogP contribution in [0.3, 0.4) is 0 Å². The average Bonchev–Trinajstić information content (AvgIpc) is 2.56. The normalized spacial score (nSPS) is 17.5. The molecule has 17 heavy (non-hydrogen) atoms. The van der Waals surface area contributed by atoms with Gasteiger partial charge in [-0.1, -0.05) is 57.5 Å². The zero-order valence-corrected chi connectivity index (χ0v) is 11.4. The number of hydrogen-bond acceptors (Lipinski definition) is 0. The van der Waals surface area contributed by atoms with Crippen LogP contribution in [-0.2, 0) is 5.41 Å². The fourth-order valence-corrected chi connectivity index (χ4v) is 2.46. The van der Waals surface area contributed by atoms with Crippen molar-refractivity contribution in [1.29, 1.82) is 0 Å². The van der Waals surface area contributed by atoms with Gasteiger partial charge in [-0.3, -0.25) is 0 Å². The Labute approximate surface area is 106 Å². The molecule has 0 spiro atoms. The third-order valence-corrected chi connectivity index (χ3v) is 3.64. The Morgan fingerprint density at radius 2 is 1.82 bits per heavy atom. The van der Waals surface area contributed by atoms with E-state index in [2.05, 4.69) is 51.1 Å². The Morgan fingerprint density at radius 3 is 2.59 bits per heavy atom. The van der Waals surface area contributed by atoms with Crippen molar-refractivity contribution in [1.82, 2.24) is 0 Å². The first-order valence-electron chi connectivity index (χ1n) is 6.87. The zero-order valence-electron chi connectivity index (χ0n) is 11.4. The van der Waals surface area contributed by atoms with Crippen LogP contribution >= 0.6 is 0 Å². The maximum absolute atomic E-state index is 2.45. The molecular formula is C17H24. The lowest BCUT2D eigenvalue weighted by Crippen LogP contribution is -2.11. The van der Waals surface area contributed by atoms with Gasteiger partial charge in [-0.25, -0.2) is 0 Å². The highest BCUT2D eigenvalue weighted by atomic mass is 14.2. The van der Waals surface area contributed by atoms with E-state index >= 15 is 0 Å². The van der Waals surface area contributed by atoms with Crippen LogP contribution in [0, 0.1) is 0 Å². The first-order chi connectivity index (χ1) is 8.07. The van der Waals surface area contributed by atoms with Crippen molar-refractivity contribution in [3.05, 3.63) is 41.5 Å². The molecule has 0 aromatic heterocycles. The first-order valence-corrected chi connectivity index (χ1v) is 6.87. The third-order valence-electron chi connectivity index (χ3n) is 3.64. The summed E-state index contributed by atoms with van der Waals surface area (Å²) in [5.41, 5.74) is 4.70. The Morgan fingerprint density at radius 1 is 1.00 bits per heavy atom. The number of rotatable bonds is 1. The smallest absolute Gasteiger partial charge is 0.0132 e. The summed E-state index contributed by atoms with van der Waals surface area (Å²) in [5, 5.41) is 0. The molecular weight excluding hydrogens is 204 g/mol. The molecule has 0 N–H and O–H groups in total. The van der Waals surface area contributed by atoms with Crippen LogP contribution in [-0.4, -0.2) is 0 Å². The van der Waals surface area contributed by atoms with Crippen LogP contribution in [0.2, 0.25) is 0 Å². The highest BCUT2D eigenvalue weighted by Gasteiger charge is 2.14. The van der Waals surface area contributed by atoms with E-state index in [-0.39, 0.29) is 5.41 Å². The van der Waals surface area contributed by atoms with Crippen LogP contribution in [0.15, 0.2) is 30.3 Å². The van der Waals surface area contributed by atoms with E-state index in [1.165, 1.54) is 43.2 Å². The second-order valence-electron chi connectivity index (χ2n) is 6.16. The quantitative estimate of drug-likeness (QED) is 0.609. The Hall–Kier alpha value is -1.04. The molecule has 1 aliphatic carbocycles. The van der Waals surface area contributed by atoms with Crippen LogP contribution in [0.25, 0.3) is 5.57 Å². The summed E-state index contributed by atoms with van der Waals surface area (Å²) < 4.78 is 0. The number of benzene rings is 1. The molecule has 0 atom stereocenters. The zero-order chi connectivity index (χ0) is 12.3. The van der Waals surface area contributed by atoms with Crippen molar-refractivity contribution >= 4 is 5.57 Å². The van der Waals surface area contributed by atoms with E-state index in [0.717, 1.165) is 0 Å². The fraction of sp³-hybridized carbons (Fsp3) is 0.529. The Kier molecular flexibility index (Phi) is 3.71. The topological polar surface area (TPSA) is 0 Å². The minimum Gasteiger partial charge on any atom is -0.0807 e. The molecule has 0 heterocycles. The van der Waals surface area contributed by atoms with E-state index < -0.39 is 0 Å². The monoisotopic (exact) mass is 228 g/mol. The second-order valence-corrected chi connectivity index (χ2v) is 6.16. The van der Waals surface area contributed by atoms with E-state index in [1.807, 2.05) is 0 Å². The maximum atomic E-state index is 2.45. The van der Waals surface area contributed by atoms with Crippen molar-refractivity contribution in [3.8, 4) is 0 Å². The van der Waals surface area contributed by atoms with Gasteiger partial charge in [0.2, 0.25) is 0 Å². The standard InChI is InChI=1S/C17H24/c1-17(2,3)16-12-8-11-15(13-16)14-9-6-4-5-7-10-14/h8-9,11-13H,4-7,10H2,1-3H3. The molecule has 0 heteroatoms. The van der Waals surface area contributed by atoms with Gasteiger partial charge >= 0.3 is 0 Å².